The zero-order valence-electron chi connectivity index (χ0n) is 21.8. The van der Waals surface area contributed by atoms with Gasteiger partial charge in [-0.1, -0.05) is 20.8 Å². The fourth-order valence-electron chi connectivity index (χ4n) is 5.25. The Morgan fingerprint density at radius 3 is 2.51 bits per heavy atom. The fraction of sp³-hybridized carbons (Fsp3) is 0.571. The Balaban J connectivity index is 1.52. The van der Waals surface area contributed by atoms with E-state index in [-0.39, 0.29) is 35.6 Å². The van der Waals surface area contributed by atoms with E-state index >= 15 is 0 Å². The van der Waals surface area contributed by atoms with Crippen LogP contribution in [-0.2, 0) is 17.6 Å². The van der Waals surface area contributed by atoms with Crippen LogP contribution in [0.2, 0.25) is 0 Å². The lowest BCUT2D eigenvalue weighted by Gasteiger charge is -2.47. The number of aromatic nitrogens is 1. The lowest BCUT2D eigenvalue weighted by atomic mass is 9.73. The Kier molecular flexibility index (Phi) is 7.85. The van der Waals surface area contributed by atoms with E-state index in [1.54, 1.807) is 0 Å². The molecular weight excluding hydrogens is 483 g/mol. The van der Waals surface area contributed by atoms with E-state index in [4.69, 9.17) is 4.74 Å². The van der Waals surface area contributed by atoms with Crippen LogP contribution in [0.3, 0.4) is 0 Å². The van der Waals surface area contributed by atoms with Crippen molar-refractivity contribution in [3.8, 4) is 5.88 Å². The van der Waals surface area contributed by atoms with E-state index in [9.17, 15) is 23.1 Å². The lowest BCUT2D eigenvalue weighted by molar-refractivity contribution is -0.120. The first-order chi connectivity index (χ1) is 17.3. The molecule has 0 bridgehead atoms. The minimum atomic E-state index is -1.29. The smallest absolute Gasteiger partial charge is 0.218 e. The molecule has 1 aromatic carbocycles. The molecule has 2 aromatic rings. The molecule has 0 saturated heterocycles. The number of carbonyl (C=O) groups excluding carboxylic acids is 1. The second-order valence-corrected chi connectivity index (χ2v) is 11.7. The molecule has 37 heavy (non-hydrogen) atoms. The third kappa shape index (κ3) is 6.62. The third-order valence-electron chi connectivity index (χ3n) is 7.16. The standard InChI is InChI=1S/C28H36F3N3O3/c1-16(35)34-23(10-18-9-21(30)22(31)11-20(18)29)25(36)15-32-24-13-28(6-5-7-28)37-26-19(24)8-17(14-33-26)12-27(2,3)4/h8-9,11,14,23-25,32,36H,5-7,10,12-13,15H2,1-4H3,(H,34,35)/t23-,24-,25+/m0/s1. The van der Waals surface area contributed by atoms with Crippen molar-refractivity contribution in [2.75, 3.05) is 6.54 Å². The zero-order valence-corrected chi connectivity index (χ0v) is 21.8. The highest BCUT2D eigenvalue weighted by Gasteiger charge is 2.46. The van der Waals surface area contributed by atoms with Crippen LogP contribution < -0.4 is 15.4 Å². The van der Waals surface area contributed by atoms with Gasteiger partial charge in [-0.05, 0) is 60.8 Å². The summed E-state index contributed by atoms with van der Waals surface area (Å²) in [6.07, 6.45) is 5.05. The van der Waals surface area contributed by atoms with E-state index in [1.807, 2.05) is 6.20 Å². The van der Waals surface area contributed by atoms with Crippen molar-refractivity contribution in [1.29, 1.82) is 0 Å². The first kappa shape index (κ1) is 27.4. The minimum Gasteiger partial charge on any atom is -0.471 e. The molecule has 3 atom stereocenters. The number of nitrogens with zero attached hydrogens (tertiary/aromatic N) is 1. The molecule has 4 rings (SSSR count). The SMILES string of the molecule is CC(=O)N[C@@H](Cc1cc(F)c(F)cc1F)[C@H](O)CN[C@H]1CC2(CCC2)Oc2ncc(CC(C)(C)C)cc21. The average molecular weight is 520 g/mol. The molecule has 1 amide bonds. The van der Waals surface area contributed by atoms with Crippen molar-refractivity contribution >= 4 is 5.91 Å². The van der Waals surface area contributed by atoms with Crippen LogP contribution in [-0.4, -0.2) is 40.3 Å². The van der Waals surface area contributed by atoms with Gasteiger partial charge >= 0.3 is 0 Å². The number of rotatable bonds is 8. The molecule has 1 spiro atoms. The summed E-state index contributed by atoms with van der Waals surface area (Å²) in [6, 6.07) is 2.29. The monoisotopic (exact) mass is 519 g/mol. The van der Waals surface area contributed by atoms with E-state index in [0.717, 1.165) is 49.3 Å². The number of aliphatic hydroxyl groups excluding tert-OH is 1. The van der Waals surface area contributed by atoms with Gasteiger partial charge in [0.25, 0.3) is 0 Å². The highest BCUT2D eigenvalue weighted by molar-refractivity contribution is 5.73. The number of carbonyl (C=O) groups is 1. The number of aliphatic hydroxyl groups is 1. The average Bonchev–Trinajstić information content (AvgIpc) is 2.77. The van der Waals surface area contributed by atoms with Gasteiger partial charge in [-0.15, -0.1) is 0 Å². The maximum Gasteiger partial charge on any atom is 0.218 e. The Morgan fingerprint density at radius 2 is 1.89 bits per heavy atom. The van der Waals surface area contributed by atoms with Crippen LogP contribution in [0.1, 0.15) is 76.1 Å². The quantitative estimate of drug-likeness (QED) is 0.447. The van der Waals surface area contributed by atoms with Crippen LogP contribution in [0.15, 0.2) is 24.4 Å². The molecule has 2 heterocycles. The first-order valence-electron chi connectivity index (χ1n) is 12.8. The van der Waals surface area contributed by atoms with Gasteiger partial charge in [0.1, 0.15) is 11.4 Å². The molecule has 1 aliphatic heterocycles. The summed E-state index contributed by atoms with van der Waals surface area (Å²) >= 11 is 0. The predicted octanol–water partition coefficient (Wildman–Crippen LogP) is 4.53. The molecule has 1 fully saturated rings. The van der Waals surface area contributed by atoms with Crippen LogP contribution in [0, 0.1) is 22.9 Å². The van der Waals surface area contributed by atoms with Crippen molar-refractivity contribution in [3.05, 3.63) is 58.5 Å². The van der Waals surface area contributed by atoms with Crippen molar-refractivity contribution in [2.24, 2.45) is 5.41 Å². The number of hydrogen-bond acceptors (Lipinski definition) is 5. The molecule has 2 aliphatic rings. The second kappa shape index (κ2) is 10.6. The van der Waals surface area contributed by atoms with Crippen LogP contribution >= 0.6 is 0 Å². The van der Waals surface area contributed by atoms with Gasteiger partial charge in [-0.25, -0.2) is 18.2 Å². The summed E-state index contributed by atoms with van der Waals surface area (Å²) in [5, 5.41) is 17.0. The summed E-state index contributed by atoms with van der Waals surface area (Å²) in [6.45, 7) is 7.86. The number of fused-ring (bicyclic) bond motifs is 1. The second-order valence-electron chi connectivity index (χ2n) is 11.7. The predicted molar refractivity (Wildman–Crippen MR) is 134 cm³/mol. The number of halogens is 3. The highest BCUT2D eigenvalue weighted by atomic mass is 19.2. The molecule has 0 radical (unpaired) electrons. The molecule has 202 valence electrons. The van der Waals surface area contributed by atoms with Crippen LogP contribution in [0.4, 0.5) is 13.2 Å². The Hall–Kier alpha value is -2.65. The zero-order chi connectivity index (χ0) is 27.0. The fourth-order valence-corrected chi connectivity index (χ4v) is 5.25. The van der Waals surface area contributed by atoms with Gasteiger partial charge in [-0.2, -0.15) is 0 Å². The Morgan fingerprint density at radius 1 is 1.19 bits per heavy atom. The number of nitrogens with one attached hydrogen (secondary N) is 2. The summed E-state index contributed by atoms with van der Waals surface area (Å²) in [7, 11) is 0. The van der Waals surface area contributed by atoms with E-state index in [2.05, 4.69) is 42.5 Å². The lowest BCUT2D eigenvalue weighted by Crippen LogP contribution is -2.52. The number of pyridine rings is 1. The van der Waals surface area contributed by atoms with Crippen molar-refractivity contribution in [2.45, 2.75) is 90.0 Å². The molecule has 1 saturated carbocycles. The molecule has 9 heteroatoms. The van der Waals surface area contributed by atoms with Crippen molar-refractivity contribution in [1.82, 2.24) is 15.6 Å². The molecular formula is C28H36F3N3O3. The molecule has 3 N–H and O–H groups in total. The van der Waals surface area contributed by atoms with Gasteiger partial charge in [0.05, 0.1) is 12.1 Å². The van der Waals surface area contributed by atoms with Crippen LogP contribution in [0.5, 0.6) is 5.88 Å². The summed E-state index contributed by atoms with van der Waals surface area (Å²) < 4.78 is 47.7. The van der Waals surface area contributed by atoms with Gasteiger partial charge < -0.3 is 20.5 Å². The largest absolute Gasteiger partial charge is 0.471 e. The molecule has 1 aliphatic carbocycles. The normalized spacial score (nSPS) is 19.9. The molecule has 6 nitrogen and oxygen atoms in total. The van der Waals surface area contributed by atoms with E-state index in [1.165, 1.54) is 6.92 Å². The Labute approximate surface area is 216 Å². The van der Waals surface area contributed by atoms with Crippen molar-refractivity contribution in [3.63, 3.8) is 0 Å². The van der Waals surface area contributed by atoms with Crippen LogP contribution in [0.25, 0.3) is 0 Å². The topological polar surface area (TPSA) is 83.5 Å². The van der Waals surface area contributed by atoms with Gasteiger partial charge in [0.2, 0.25) is 11.8 Å². The Bertz CT molecular complexity index is 1150. The maximum absolute atomic E-state index is 14.3. The molecule has 1 aromatic heterocycles. The number of benzene rings is 1. The summed E-state index contributed by atoms with van der Waals surface area (Å²) in [5.41, 5.74) is 1.70. The maximum atomic E-state index is 14.3. The van der Waals surface area contributed by atoms with E-state index < -0.39 is 35.5 Å². The summed E-state index contributed by atoms with van der Waals surface area (Å²) in [4.78, 5) is 16.4. The van der Waals surface area contributed by atoms with Gasteiger partial charge in [0, 0.05) is 43.8 Å². The van der Waals surface area contributed by atoms with E-state index in [0.29, 0.717) is 11.9 Å². The number of ether oxygens (including phenoxy) is 1. The van der Waals surface area contributed by atoms with Crippen molar-refractivity contribution < 1.29 is 27.8 Å². The number of hydrogen-bond donors (Lipinski definition) is 3. The van der Waals surface area contributed by atoms with Gasteiger partial charge in [-0.3, -0.25) is 4.79 Å². The first-order valence-corrected chi connectivity index (χ1v) is 12.8. The van der Waals surface area contributed by atoms with Gasteiger partial charge in [0.15, 0.2) is 11.6 Å². The highest BCUT2D eigenvalue weighted by Crippen LogP contribution is 2.48. The number of amides is 1. The summed E-state index contributed by atoms with van der Waals surface area (Å²) in [5.74, 6) is -3.24. The molecule has 0 unspecified atom stereocenters. The minimum absolute atomic E-state index is 0.0833. The third-order valence-corrected chi connectivity index (χ3v) is 7.16.